The maximum atomic E-state index is 13.8. The Bertz CT molecular complexity index is 1400. The van der Waals surface area contributed by atoms with Crippen molar-refractivity contribution in [2.75, 3.05) is 36.0 Å². The summed E-state index contributed by atoms with van der Waals surface area (Å²) in [7, 11) is 0. The van der Waals surface area contributed by atoms with Crippen LogP contribution in [-0.2, 0) is 18.4 Å². The smallest absolute Gasteiger partial charge is 0.276 e. The molecule has 6 rings (SSSR count). The average molecular weight is 523 g/mol. The van der Waals surface area contributed by atoms with Gasteiger partial charge in [0.2, 0.25) is 0 Å². The number of carbonyl (C=O) groups excluding carboxylic acids is 1. The van der Waals surface area contributed by atoms with Gasteiger partial charge in [-0.3, -0.25) is 4.79 Å². The van der Waals surface area contributed by atoms with Crippen LogP contribution in [0.5, 0.6) is 0 Å². The summed E-state index contributed by atoms with van der Waals surface area (Å²) in [5.41, 5.74) is 21.6. The number of hydrogen-bond acceptors (Lipinski definition) is 9. The molecule has 2 aromatic heterocycles. The first-order chi connectivity index (χ1) is 17.6. The van der Waals surface area contributed by atoms with Crippen molar-refractivity contribution < 1.29 is 9.18 Å². The third-order valence-corrected chi connectivity index (χ3v) is 9.15. The number of fused-ring (bicyclic) bond motifs is 2. The van der Waals surface area contributed by atoms with Crippen molar-refractivity contribution >= 4 is 34.0 Å². The van der Waals surface area contributed by atoms with E-state index in [1.807, 2.05) is 6.07 Å². The number of thiazole rings is 1. The second-order valence-corrected chi connectivity index (χ2v) is 12.3. The SMILES string of the molecule is CC1(C)CN(C(=O)c2ncc(N3CCC4(CC3)Cc3ccc(F)cc3C4N)nc2N)Cc2sc(N)nc21. The second kappa shape index (κ2) is 8.35. The topological polar surface area (TPSA) is 140 Å². The molecule has 1 aromatic carbocycles. The molecule has 1 unspecified atom stereocenters. The van der Waals surface area contributed by atoms with Gasteiger partial charge in [-0.25, -0.2) is 19.3 Å². The van der Waals surface area contributed by atoms with Gasteiger partial charge >= 0.3 is 0 Å². The molecule has 4 heterocycles. The molecule has 37 heavy (non-hydrogen) atoms. The number of hydrogen-bond donors (Lipinski definition) is 3. The van der Waals surface area contributed by atoms with Crippen molar-refractivity contribution in [3.05, 3.63) is 57.6 Å². The van der Waals surface area contributed by atoms with Crippen LogP contribution in [0.2, 0.25) is 0 Å². The molecule has 0 bridgehead atoms. The van der Waals surface area contributed by atoms with E-state index >= 15 is 0 Å². The highest BCUT2D eigenvalue weighted by Gasteiger charge is 2.46. The molecule has 0 radical (unpaired) electrons. The van der Waals surface area contributed by atoms with E-state index in [4.69, 9.17) is 17.2 Å². The number of carbonyl (C=O) groups is 1. The van der Waals surface area contributed by atoms with Crippen LogP contribution in [0.1, 0.15) is 64.9 Å². The number of nitrogens with two attached hydrogens (primary N) is 3. The van der Waals surface area contributed by atoms with Gasteiger partial charge in [-0.05, 0) is 47.9 Å². The monoisotopic (exact) mass is 522 g/mol. The number of aromatic nitrogens is 3. The van der Waals surface area contributed by atoms with Crippen molar-refractivity contribution in [3.63, 3.8) is 0 Å². The summed E-state index contributed by atoms with van der Waals surface area (Å²) in [6.45, 7) is 6.50. The molecule has 3 aromatic rings. The number of piperidine rings is 1. The fourth-order valence-electron chi connectivity index (χ4n) is 6.30. The van der Waals surface area contributed by atoms with Gasteiger partial charge < -0.3 is 27.0 Å². The van der Waals surface area contributed by atoms with Crippen LogP contribution in [0, 0.1) is 11.2 Å². The van der Waals surface area contributed by atoms with E-state index in [1.54, 1.807) is 17.2 Å². The summed E-state index contributed by atoms with van der Waals surface area (Å²) in [5.74, 6) is 0.279. The Morgan fingerprint density at radius 1 is 1.19 bits per heavy atom. The Kier molecular flexibility index (Phi) is 5.43. The Morgan fingerprint density at radius 2 is 1.95 bits per heavy atom. The summed E-state index contributed by atoms with van der Waals surface area (Å²) >= 11 is 1.41. The van der Waals surface area contributed by atoms with Gasteiger partial charge in [-0.15, -0.1) is 11.3 Å². The number of rotatable bonds is 2. The van der Waals surface area contributed by atoms with Gasteiger partial charge in [-0.2, -0.15) is 0 Å². The van der Waals surface area contributed by atoms with Crippen molar-refractivity contribution in [1.82, 2.24) is 19.9 Å². The molecule has 11 heteroatoms. The fourth-order valence-corrected chi connectivity index (χ4v) is 7.32. The van der Waals surface area contributed by atoms with Crippen LogP contribution < -0.4 is 22.1 Å². The predicted octanol–water partition coefficient (Wildman–Crippen LogP) is 3.01. The summed E-state index contributed by atoms with van der Waals surface area (Å²) in [4.78, 5) is 31.8. The minimum Gasteiger partial charge on any atom is -0.382 e. The molecule has 3 aliphatic rings. The zero-order chi connectivity index (χ0) is 26.1. The van der Waals surface area contributed by atoms with Crippen LogP contribution in [0.3, 0.4) is 0 Å². The molecular formula is C26H31FN8OS. The molecule has 1 atom stereocenters. The number of nitrogen functional groups attached to an aromatic ring is 2. The van der Waals surface area contributed by atoms with Crippen LogP contribution in [0.4, 0.5) is 21.2 Å². The minimum absolute atomic E-state index is 0.0819. The number of halogens is 1. The molecule has 1 spiro atoms. The molecule has 6 N–H and O–H groups in total. The lowest BCUT2D eigenvalue weighted by Crippen LogP contribution is -2.45. The quantitative estimate of drug-likeness (QED) is 0.467. The molecule has 9 nitrogen and oxygen atoms in total. The third-order valence-electron chi connectivity index (χ3n) is 8.28. The number of benzene rings is 1. The Morgan fingerprint density at radius 3 is 2.68 bits per heavy atom. The molecule has 0 saturated carbocycles. The van der Waals surface area contributed by atoms with Crippen molar-refractivity contribution in [3.8, 4) is 0 Å². The summed E-state index contributed by atoms with van der Waals surface area (Å²) in [6, 6.07) is 4.77. The normalized spacial score (nSPS) is 21.7. The zero-order valence-corrected chi connectivity index (χ0v) is 21.8. The van der Waals surface area contributed by atoms with Gasteiger partial charge in [0.25, 0.3) is 5.91 Å². The molecule has 1 amide bonds. The van der Waals surface area contributed by atoms with E-state index in [-0.39, 0.29) is 40.1 Å². The Hall–Kier alpha value is -3.31. The Labute approximate surface area is 218 Å². The minimum atomic E-state index is -0.324. The highest BCUT2D eigenvalue weighted by Crippen LogP contribution is 2.51. The first-order valence-electron chi connectivity index (χ1n) is 12.5. The van der Waals surface area contributed by atoms with Crippen molar-refractivity contribution in [2.24, 2.45) is 11.1 Å². The van der Waals surface area contributed by atoms with Crippen LogP contribution in [0.15, 0.2) is 24.4 Å². The molecule has 1 aliphatic carbocycles. The van der Waals surface area contributed by atoms with E-state index in [9.17, 15) is 9.18 Å². The van der Waals surface area contributed by atoms with E-state index in [2.05, 4.69) is 33.7 Å². The van der Waals surface area contributed by atoms with Crippen molar-refractivity contribution in [1.29, 1.82) is 0 Å². The summed E-state index contributed by atoms with van der Waals surface area (Å²) in [5, 5.41) is 0.508. The molecule has 194 valence electrons. The average Bonchev–Trinajstić information content (AvgIpc) is 3.36. The van der Waals surface area contributed by atoms with Crippen LogP contribution in [0.25, 0.3) is 0 Å². The van der Waals surface area contributed by atoms with Crippen molar-refractivity contribution in [2.45, 2.75) is 51.1 Å². The molecule has 1 saturated heterocycles. The lowest BCUT2D eigenvalue weighted by molar-refractivity contribution is 0.0682. The first-order valence-corrected chi connectivity index (χ1v) is 13.3. The molecular weight excluding hydrogens is 491 g/mol. The number of amides is 1. The highest BCUT2D eigenvalue weighted by molar-refractivity contribution is 7.15. The van der Waals surface area contributed by atoms with Gasteiger partial charge in [0.15, 0.2) is 16.6 Å². The first kappa shape index (κ1) is 24.1. The van der Waals surface area contributed by atoms with E-state index in [0.717, 1.165) is 54.0 Å². The summed E-state index contributed by atoms with van der Waals surface area (Å²) in [6.07, 6.45) is 4.20. The van der Waals surface area contributed by atoms with Gasteiger partial charge in [0, 0.05) is 36.0 Å². The van der Waals surface area contributed by atoms with E-state index < -0.39 is 0 Å². The Balaban J connectivity index is 1.16. The van der Waals surface area contributed by atoms with Crippen LogP contribution in [-0.4, -0.2) is 45.4 Å². The maximum absolute atomic E-state index is 13.8. The third kappa shape index (κ3) is 3.91. The zero-order valence-electron chi connectivity index (χ0n) is 21.0. The lowest BCUT2D eigenvalue weighted by atomic mass is 9.73. The van der Waals surface area contributed by atoms with E-state index in [1.165, 1.54) is 17.4 Å². The molecule has 1 fully saturated rings. The van der Waals surface area contributed by atoms with Crippen LogP contribution >= 0.6 is 11.3 Å². The predicted molar refractivity (Wildman–Crippen MR) is 142 cm³/mol. The number of anilines is 3. The molecule has 2 aliphatic heterocycles. The van der Waals surface area contributed by atoms with E-state index in [0.29, 0.717) is 24.0 Å². The standard InChI is InChI=1S/C26H31FN8OS/c1-25(2)13-35(12-17-21(25)33-24(30)37-17)23(36)19-22(29)32-18(11-31-19)34-7-5-26(6-8-34)10-14-3-4-15(27)9-16(14)20(26)28/h3-4,9,11,20H,5-8,10,12-13,28H2,1-2H3,(H2,29,32)(H2,30,33). The maximum Gasteiger partial charge on any atom is 0.276 e. The lowest BCUT2D eigenvalue weighted by Gasteiger charge is -2.42. The van der Waals surface area contributed by atoms with Gasteiger partial charge in [0.1, 0.15) is 11.6 Å². The summed E-state index contributed by atoms with van der Waals surface area (Å²) < 4.78 is 13.8. The second-order valence-electron chi connectivity index (χ2n) is 11.2. The fraction of sp³-hybridized carbons (Fsp3) is 0.462. The van der Waals surface area contributed by atoms with Gasteiger partial charge in [-0.1, -0.05) is 19.9 Å². The number of nitrogens with zero attached hydrogens (tertiary/aromatic N) is 5. The highest BCUT2D eigenvalue weighted by atomic mass is 32.1. The largest absolute Gasteiger partial charge is 0.382 e. The van der Waals surface area contributed by atoms with Gasteiger partial charge in [0.05, 0.1) is 18.4 Å².